The Bertz CT molecular complexity index is 304. The van der Waals surface area contributed by atoms with Crippen LogP contribution in [0.5, 0.6) is 0 Å². The molecule has 0 fully saturated rings. The van der Waals surface area contributed by atoms with Crippen molar-refractivity contribution in [3.63, 3.8) is 0 Å². The van der Waals surface area contributed by atoms with E-state index < -0.39 is 6.10 Å². The monoisotopic (exact) mass is 274 g/mol. The maximum Gasteiger partial charge on any atom is 0.169 e. The molecule has 106 valence electrons. The summed E-state index contributed by atoms with van der Waals surface area (Å²) in [6.07, 6.45) is 1.15. The predicted molar refractivity (Wildman–Crippen MR) is 78.4 cm³/mol. The molecular formula is C14H26O3S. The summed E-state index contributed by atoms with van der Waals surface area (Å²) in [5.41, 5.74) is 0. The molecule has 2 N–H and O–H groups in total. The van der Waals surface area contributed by atoms with Gasteiger partial charge in [0, 0.05) is 4.88 Å². The second-order valence-electron chi connectivity index (χ2n) is 3.42. The van der Waals surface area contributed by atoms with Crippen molar-refractivity contribution in [1.29, 1.82) is 0 Å². The lowest BCUT2D eigenvalue weighted by Crippen LogP contribution is -2.08. The minimum atomic E-state index is -0.509. The summed E-state index contributed by atoms with van der Waals surface area (Å²) in [7, 11) is 0. The lowest BCUT2D eigenvalue weighted by atomic mass is 10.3. The number of aliphatic hydroxyl groups excluding tert-OH is 2. The van der Waals surface area contributed by atoms with Crippen LogP contribution >= 0.6 is 11.3 Å². The Kier molecular flexibility index (Phi) is 13.9. The molecular weight excluding hydrogens is 248 g/mol. The highest BCUT2D eigenvalue weighted by atomic mass is 32.1. The maximum absolute atomic E-state index is 10.8. The number of carbonyl (C=O) groups excluding carboxylic acids is 1. The first kappa shape index (κ1) is 19.6. The second kappa shape index (κ2) is 12.7. The fourth-order valence-electron chi connectivity index (χ4n) is 0.886. The van der Waals surface area contributed by atoms with Gasteiger partial charge in [-0.2, -0.15) is 0 Å². The molecule has 0 radical (unpaired) electrons. The van der Waals surface area contributed by atoms with Gasteiger partial charge in [0.05, 0.1) is 17.6 Å². The highest BCUT2D eigenvalue weighted by Crippen LogP contribution is 2.16. The Balaban J connectivity index is 0. The van der Waals surface area contributed by atoms with Crippen LogP contribution in [-0.4, -0.2) is 28.7 Å². The molecule has 1 rings (SSSR count). The van der Waals surface area contributed by atoms with E-state index in [-0.39, 0.29) is 12.4 Å². The lowest BCUT2D eigenvalue weighted by molar-refractivity contribution is 0.0923. The quantitative estimate of drug-likeness (QED) is 0.828. The van der Waals surface area contributed by atoms with Crippen LogP contribution in [-0.2, 0) is 6.42 Å². The topological polar surface area (TPSA) is 57.5 Å². The molecule has 0 aliphatic carbocycles. The van der Waals surface area contributed by atoms with Crippen molar-refractivity contribution in [1.82, 2.24) is 0 Å². The predicted octanol–water partition coefficient (Wildman–Crippen LogP) is 3.29. The van der Waals surface area contributed by atoms with E-state index in [9.17, 15) is 4.79 Å². The van der Waals surface area contributed by atoms with E-state index in [0.29, 0.717) is 6.42 Å². The fraction of sp³-hybridized carbons (Fsp3) is 0.643. The standard InChI is InChI=1S/C8H10OS.C4H10O2.C2H6/c1-3-7-4-5-8(10-7)6(2)9;1-2-4(6)3-5;1-2/h4-5H,3H2,1-2H3;4-6H,2-3H2,1H3;1-2H3/t;4-;/m.0./s1. The molecule has 0 aliphatic rings. The van der Waals surface area contributed by atoms with Gasteiger partial charge < -0.3 is 10.2 Å². The Labute approximate surface area is 114 Å². The van der Waals surface area contributed by atoms with Crippen molar-refractivity contribution in [3.8, 4) is 0 Å². The van der Waals surface area contributed by atoms with Gasteiger partial charge in [0.1, 0.15) is 0 Å². The molecule has 1 atom stereocenters. The summed E-state index contributed by atoms with van der Waals surface area (Å²) in [5.74, 6) is 0.171. The second-order valence-corrected chi connectivity index (χ2v) is 4.59. The zero-order valence-corrected chi connectivity index (χ0v) is 12.9. The molecule has 1 heterocycles. The summed E-state index contributed by atoms with van der Waals surface area (Å²) in [6, 6.07) is 3.91. The molecule has 1 aromatic heterocycles. The number of hydrogen-bond donors (Lipinski definition) is 2. The number of aliphatic hydroxyl groups is 2. The van der Waals surface area contributed by atoms with E-state index in [1.165, 1.54) is 4.88 Å². The van der Waals surface area contributed by atoms with Crippen molar-refractivity contribution in [2.75, 3.05) is 6.61 Å². The summed E-state index contributed by atoms with van der Waals surface area (Å²) in [5, 5.41) is 16.5. The van der Waals surface area contributed by atoms with Crippen molar-refractivity contribution < 1.29 is 15.0 Å². The highest BCUT2D eigenvalue weighted by Gasteiger charge is 2.01. The number of carbonyl (C=O) groups is 1. The van der Waals surface area contributed by atoms with E-state index in [4.69, 9.17) is 10.2 Å². The maximum atomic E-state index is 10.8. The van der Waals surface area contributed by atoms with E-state index >= 15 is 0 Å². The van der Waals surface area contributed by atoms with Crippen LogP contribution in [0.15, 0.2) is 12.1 Å². The van der Waals surface area contributed by atoms with E-state index in [0.717, 1.165) is 11.3 Å². The highest BCUT2D eigenvalue weighted by molar-refractivity contribution is 7.14. The molecule has 4 heteroatoms. The Hall–Kier alpha value is -0.710. The van der Waals surface area contributed by atoms with E-state index in [1.807, 2.05) is 32.9 Å². The number of ketones is 1. The first-order chi connectivity index (χ1) is 8.54. The van der Waals surface area contributed by atoms with Gasteiger partial charge in [-0.1, -0.05) is 27.7 Å². The molecule has 0 spiro atoms. The van der Waals surface area contributed by atoms with E-state index in [2.05, 4.69) is 6.92 Å². The number of rotatable bonds is 4. The number of aryl methyl sites for hydroxylation is 1. The number of thiophene rings is 1. The molecule has 18 heavy (non-hydrogen) atoms. The molecule has 0 aromatic carbocycles. The zero-order valence-electron chi connectivity index (χ0n) is 12.1. The molecule has 0 amide bonds. The average molecular weight is 274 g/mol. The normalized spacial score (nSPS) is 10.6. The van der Waals surface area contributed by atoms with Crippen LogP contribution in [0, 0.1) is 0 Å². The van der Waals surface area contributed by atoms with Gasteiger partial charge in [-0.25, -0.2) is 0 Å². The molecule has 0 bridgehead atoms. The van der Waals surface area contributed by atoms with Gasteiger partial charge in [0.2, 0.25) is 0 Å². The minimum Gasteiger partial charge on any atom is -0.394 e. The van der Waals surface area contributed by atoms with Crippen LogP contribution in [0.1, 0.15) is 55.6 Å². The van der Waals surface area contributed by atoms with Gasteiger partial charge in [0.15, 0.2) is 5.78 Å². The largest absolute Gasteiger partial charge is 0.394 e. The fourth-order valence-corrected chi connectivity index (χ4v) is 1.73. The third-order valence-corrected chi connectivity index (χ3v) is 3.37. The molecule has 0 unspecified atom stereocenters. The number of Topliss-reactive ketones (excluding diaryl/α,β-unsaturated/α-hetero) is 1. The first-order valence-electron chi connectivity index (χ1n) is 6.43. The Morgan fingerprint density at radius 1 is 1.33 bits per heavy atom. The van der Waals surface area contributed by atoms with Crippen molar-refractivity contribution in [2.45, 2.75) is 53.6 Å². The third-order valence-electron chi connectivity index (χ3n) is 2.04. The molecule has 0 saturated carbocycles. The van der Waals surface area contributed by atoms with Crippen molar-refractivity contribution in [3.05, 3.63) is 21.9 Å². The van der Waals surface area contributed by atoms with Crippen molar-refractivity contribution in [2.24, 2.45) is 0 Å². The van der Waals surface area contributed by atoms with E-state index in [1.54, 1.807) is 18.3 Å². The SMILES string of the molecule is CC.CC[C@H](O)CO.CCc1ccc(C(C)=O)s1. The van der Waals surface area contributed by atoms with Crippen LogP contribution in [0.4, 0.5) is 0 Å². The van der Waals surface area contributed by atoms with Crippen LogP contribution in [0.3, 0.4) is 0 Å². The first-order valence-corrected chi connectivity index (χ1v) is 7.25. The molecule has 1 aromatic rings. The molecule has 0 saturated heterocycles. The molecule has 0 aliphatic heterocycles. The van der Waals surface area contributed by atoms with Crippen LogP contribution in [0.2, 0.25) is 0 Å². The Morgan fingerprint density at radius 3 is 2.06 bits per heavy atom. The summed E-state index contributed by atoms with van der Waals surface area (Å²) in [6.45, 7) is 9.40. The summed E-state index contributed by atoms with van der Waals surface area (Å²) >= 11 is 1.59. The summed E-state index contributed by atoms with van der Waals surface area (Å²) < 4.78 is 0. The lowest BCUT2D eigenvalue weighted by Gasteiger charge is -1.97. The average Bonchev–Trinajstić information content (AvgIpc) is 2.90. The Morgan fingerprint density at radius 2 is 1.89 bits per heavy atom. The van der Waals surface area contributed by atoms with Crippen molar-refractivity contribution >= 4 is 17.1 Å². The van der Waals surface area contributed by atoms with Gasteiger partial charge in [-0.05, 0) is 31.9 Å². The van der Waals surface area contributed by atoms with Crippen LogP contribution < -0.4 is 0 Å². The van der Waals surface area contributed by atoms with Crippen LogP contribution in [0.25, 0.3) is 0 Å². The van der Waals surface area contributed by atoms with Gasteiger partial charge in [-0.15, -0.1) is 11.3 Å². The minimum absolute atomic E-state index is 0.115. The zero-order chi connectivity index (χ0) is 14.6. The third kappa shape index (κ3) is 9.33. The smallest absolute Gasteiger partial charge is 0.169 e. The molecule has 3 nitrogen and oxygen atoms in total. The van der Waals surface area contributed by atoms with Gasteiger partial charge >= 0.3 is 0 Å². The van der Waals surface area contributed by atoms with Gasteiger partial charge in [0.25, 0.3) is 0 Å². The van der Waals surface area contributed by atoms with Gasteiger partial charge in [-0.3, -0.25) is 4.79 Å². The number of hydrogen-bond acceptors (Lipinski definition) is 4. The summed E-state index contributed by atoms with van der Waals surface area (Å²) in [4.78, 5) is 12.9.